The smallest absolute Gasteiger partial charge is 0.163 e. The first-order valence-electron chi connectivity index (χ1n) is 5.01. The number of allylic oxidation sites excluding steroid dienone is 1. The zero-order valence-electron chi connectivity index (χ0n) is 8.53. The van der Waals surface area contributed by atoms with Gasteiger partial charge in [-0.1, -0.05) is 44.2 Å². The summed E-state index contributed by atoms with van der Waals surface area (Å²) in [6.45, 7) is 4.19. The van der Waals surface area contributed by atoms with Gasteiger partial charge in [0.15, 0.2) is 5.78 Å². The van der Waals surface area contributed by atoms with Gasteiger partial charge in [-0.3, -0.25) is 4.79 Å². The van der Waals surface area contributed by atoms with Crippen molar-refractivity contribution in [2.45, 2.75) is 19.8 Å². The molecular weight excluding hydrogens is 172 g/mol. The highest BCUT2D eigenvalue weighted by atomic mass is 16.1. The van der Waals surface area contributed by atoms with E-state index in [0.29, 0.717) is 5.92 Å². The predicted molar refractivity (Wildman–Crippen MR) is 58.1 cm³/mol. The average molecular weight is 186 g/mol. The van der Waals surface area contributed by atoms with E-state index in [2.05, 4.69) is 26.0 Å². The molecule has 1 aromatic rings. The van der Waals surface area contributed by atoms with Gasteiger partial charge in [0, 0.05) is 5.92 Å². The summed E-state index contributed by atoms with van der Waals surface area (Å²) in [6.07, 6.45) is 3.61. The first-order chi connectivity index (χ1) is 6.70. The molecule has 14 heavy (non-hydrogen) atoms. The van der Waals surface area contributed by atoms with Crippen molar-refractivity contribution < 1.29 is 4.79 Å². The fourth-order valence-electron chi connectivity index (χ4n) is 2.06. The van der Waals surface area contributed by atoms with Crippen molar-refractivity contribution in [2.75, 3.05) is 0 Å². The summed E-state index contributed by atoms with van der Waals surface area (Å²) in [5.41, 5.74) is 2.36. The summed E-state index contributed by atoms with van der Waals surface area (Å²) in [6, 6.07) is 8.13. The molecule has 0 radical (unpaired) electrons. The van der Waals surface area contributed by atoms with E-state index in [0.717, 1.165) is 0 Å². The third-order valence-electron chi connectivity index (χ3n) is 2.73. The molecule has 1 aliphatic carbocycles. The van der Waals surface area contributed by atoms with E-state index < -0.39 is 0 Å². The van der Waals surface area contributed by atoms with E-state index in [1.807, 2.05) is 18.2 Å². The summed E-state index contributed by atoms with van der Waals surface area (Å²) in [5.74, 6) is 0.656. The monoisotopic (exact) mass is 186 g/mol. The lowest BCUT2D eigenvalue weighted by Crippen LogP contribution is -2.19. The normalized spacial score (nSPS) is 19.9. The average Bonchev–Trinajstić information content (AvgIpc) is 2.17. The van der Waals surface area contributed by atoms with E-state index in [-0.39, 0.29) is 11.7 Å². The Hall–Kier alpha value is -1.37. The zero-order valence-corrected chi connectivity index (χ0v) is 8.53. The van der Waals surface area contributed by atoms with E-state index in [4.69, 9.17) is 0 Å². The Morgan fingerprint density at radius 2 is 1.86 bits per heavy atom. The quantitative estimate of drug-likeness (QED) is 0.659. The number of carbonyl (C=O) groups is 1. The first kappa shape index (κ1) is 9.20. The number of hydrogen-bond donors (Lipinski definition) is 0. The number of rotatable bonds is 1. The molecule has 0 fully saturated rings. The highest BCUT2D eigenvalue weighted by Gasteiger charge is 2.26. The van der Waals surface area contributed by atoms with Crippen LogP contribution in [0.1, 0.15) is 30.9 Å². The molecule has 1 aliphatic rings. The van der Waals surface area contributed by atoms with Crippen LogP contribution in [0.4, 0.5) is 0 Å². The Labute approximate surface area is 84.5 Å². The SMILES string of the molecule is CC(C)C1C(=O)C=Cc2ccccc21. The maximum absolute atomic E-state index is 11.7. The van der Waals surface area contributed by atoms with Gasteiger partial charge in [-0.15, -0.1) is 0 Å². The maximum atomic E-state index is 11.7. The second-order valence-corrected chi connectivity index (χ2v) is 4.09. The molecule has 0 bridgehead atoms. The summed E-state index contributed by atoms with van der Waals surface area (Å²) in [4.78, 5) is 11.7. The van der Waals surface area contributed by atoms with E-state index in [9.17, 15) is 4.79 Å². The van der Waals surface area contributed by atoms with E-state index in [1.165, 1.54) is 11.1 Å². The van der Waals surface area contributed by atoms with Crippen molar-refractivity contribution in [2.24, 2.45) is 5.92 Å². The van der Waals surface area contributed by atoms with E-state index >= 15 is 0 Å². The van der Waals surface area contributed by atoms with Crippen molar-refractivity contribution in [3.8, 4) is 0 Å². The standard InChI is InChI=1S/C13H14O/c1-9(2)13-11-6-4-3-5-10(11)7-8-12(13)14/h3-9,13H,1-2H3. The summed E-state index contributed by atoms with van der Waals surface area (Å²) in [7, 11) is 0. The fourth-order valence-corrected chi connectivity index (χ4v) is 2.06. The second kappa shape index (κ2) is 3.41. The summed E-state index contributed by atoms with van der Waals surface area (Å²) >= 11 is 0. The Morgan fingerprint density at radius 3 is 2.57 bits per heavy atom. The van der Waals surface area contributed by atoms with Gasteiger partial charge in [-0.2, -0.15) is 0 Å². The van der Waals surface area contributed by atoms with Gasteiger partial charge >= 0.3 is 0 Å². The largest absolute Gasteiger partial charge is 0.294 e. The Balaban J connectivity index is 2.53. The Bertz CT molecular complexity index is 388. The number of hydrogen-bond acceptors (Lipinski definition) is 1. The second-order valence-electron chi connectivity index (χ2n) is 4.09. The van der Waals surface area contributed by atoms with Gasteiger partial charge in [0.1, 0.15) is 0 Å². The van der Waals surface area contributed by atoms with Gasteiger partial charge in [-0.25, -0.2) is 0 Å². The van der Waals surface area contributed by atoms with Crippen LogP contribution in [-0.4, -0.2) is 5.78 Å². The summed E-state index contributed by atoms with van der Waals surface area (Å²) in [5, 5.41) is 0. The van der Waals surface area contributed by atoms with Crippen molar-refractivity contribution in [3.05, 3.63) is 41.5 Å². The van der Waals surface area contributed by atoms with Crippen LogP contribution in [0, 0.1) is 5.92 Å². The lowest BCUT2D eigenvalue weighted by molar-refractivity contribution is -0.116. The van der Waals surface area contributed by atoms with Crippen LogP contribution < -0.4 is 0 Å². The van der Waals surface area contributed by atoms with Gasteiger partial charge in [0.25, 0.3) is 0 Å². The molecule has 0 saturated heterocycles. The Kier molecular flexibility index (Phi) is 2.24. The lowest BCUT2D eigenvalue weighted by Gasteiger charge is -2.23. The van der Waals surface area contributed by atoms with Crippen molar-refractivity contribution >= 4 is 11.9 Å². The van der Waals surface area contributed by atoms with Crippen molar-refractivity contribution in [1.82, 2.24) is 0 Å². The highest BCUT2D eigenvalue weighted by Crippen LogP contribution is 2.32. The van der Waals surface area contributed by atoms with Crippen LogP contribution in [0.2, 0.25) is 0 Å². The molecule has 1 heteroatoms. The predicted octanol–water partition coefficient (Wildman–Crippen LogP) is 3.02. The number of carbonyl (C=O) groups excluding carboxylic acids is 1. The number of ketones is 1. The van der Waals surface area contributed by atoms with Crippen LogP contribution >= 0.6 is 0 Å². The third kappa shape index (κ3) is 1.39. The van der Waals surface area contributed by atoms with Crippen LogP contribution in [0.5, 0.6) is 0 Å². The third-order valence-corrected chi connectivity index (χ3v) is 2.73. The molecule has 72 valence electrons. The fraction of sp³-hybridized carbons (Fsp3) is 0.308. The zero-order chi connectivity index (χ0) is 10.1. The molecule has 0 amide bonds. The minimum absolute atomic E-state index is 0.0520. The van der Waals surface area contributed by atoms with E-state index in [1.54, 1.807) is 6.08 Å². The van der Waals surface area contributed by atoms with Crippen LogP contribution in [0.15, 0.2) is 30.3 Å². The number of fused-ring (bicyclic) bond motifs is 1. The molecule has 1 unspecified atom stereocenters. The van der Waals surface area contributed by atoms with Crippen molar-refractivity contribution in [1.29, 1.82) is 0 Å². The first-order valence-corrected chi connectivity index (χ1v) is 5.01. The molecule has 1 nitrogen and oxygen atoms in total. The molecule has 2 rings (SSSR count). The van der Waals surface area contributed by atoms with Gasteiger partial charge in [0.05, 0.1) is 0 Å². The molecule has 0 aromatic heterocycles. The maximum Gasteiger partial charge on any atom is 0.163 e. The topological polar surface area (TPSA) is 17.1 Å². The molecule has 0 aliphatic heterocycles. The van der Waals surface area contributed by atoms with Crippen LogP contribution in [-0.2, 0) is 4.79 Å². The van der Waals surface area contributed by atoms with Crippen LogP contribution in [0.3, 0.4) is 0 Å². The molecule has 0 heterocycles. The Morgan fingerprint density at radius 1 is 1.14 bits per heavy atom. The molecule has 0 N–H and O–H groups in total. The molecule has 1 atom stereocenters. The minimum Gasteiger partial charge on any atom is -0.294 e. The molecular formula is C13H14O. The molecule has 1 aromatic carbocycles. The minimum atomic E-state index is 0.0520. The summed E-state index contributed by atoms with van der Waals surface area (Å²) < 4.78 is 0. The molecule has 0 spiro atoms. The lowest BCUT2D eigenvalue weighted by atomic mass is 9.79. The molecule has 0 saturated carbocycles. The van der Waals surface area contributed by atoms with Gasteiger partial charge in [-0.05, 0) is 23.1 Å². The highest BCUT2D eigenvalue weighted by molar-refractivity contribution is 6.02. The number of benzene rings is 1. The van der Waals surface area contributed by atoms with Gasteiger partial charge in [0.2, 0.25) is 0 Å². The van der Waals surface area contributed by atoms with Crippen LogP contribution in [0.25, 0.3) is 6.08 Å². The van der Waals surface area contributed by atoms with Gasteiger partial charge < -0.3 is 0 Å². The van der Waals surface area contributed by atoms with Crippen molar-refractivity contribution in [3.63, 3.8) is 0 Å².